The average molecular weight is 538 g/mol. The second-order valence-corrected chi connectivity index (χ2v) is 9.21. The first-order chi connectivity index (χ1) is 18.1. The summed E-state index contributed by atoms with van der Waals surface area (Å²) in [7, 11) is 1.84. The molecule has 4 rings (SSSR count). The summed E-state index contributed by atoms with van der Waals surface area (Å²) >= 11 is 5.38. The molecule has 0 radical (unpaired) electrons. The van der Waals surface area contributed by atoms with Gasteiger partial charge in [0.05, 0.1) is 17.4 Å². The molecule has 0 fully saturated rings. The third kappa shape index (κ3) is 6.98. The smallest absolute Gasteiger partial charge is 0.406 e. The maximum Gasteiger partial charge on any atom is 0.573 e. The molecule has 3 aromatic carbocycles. The number of anilines is 1. The molecule has 0 aliphatic rings. The first-order valence-electron chi connectivity index (χ1n) is 11.8. The van der Waals surface area contributed by atoms with E-state index in [0.717, 1.165) is 27.8 Å². The van der Waals surface area contributed by atoms with Gasteiger partial charge in [0.15, 0.2) is 5.11 Å². The second-order valence-electron chi connectivity index (χ2n) is 8.80. The van der Waals surface area contributed by atoms with E-state index in [9.17, 15) is 13.2 Å². The van der Waals surface area contributed by atoms with Crippen molar-refractivity contribution in [2.45, 2.75) is 26.1 Å². The minimum atomic E-state index is -4.72. The molecule has 6 nitrogen and oxygen atoms in total. The highest BCUT2D eigenvalue weighted by atomic mass is 32.1. The van der Waals surface area contributed by atoms with Crippen LogP contribution in [0.1, 0.15) is 42.1 Å². The van der Waals surface area contributed by atoms with Crippen LogP contribution in [0.25, 0.3) is 23.1 Å². The fraction of sp³-hybridized carbons (Fsp3) is 0.179. The zero-order valence-corrected chi connectivity index (χ0v) is 21.8. The Morgan fingerprint density at radius 2 is 1.74 bits per heavy atom. The number of alkyl halides is 3. The van der Waals surface area contributed by atoms with Gasteiger partial charge < -0.3 is 10.1 Å². The molecule has 0 saturated carbocycles. The van der Waals surface area contributed by atoms with E-state index in [2.05, 4.69) is 45.6 Å². The molecule has 1 aromatic heterocycles. The molecule has 0 amide bonds. The van der Waals surface area contributed by atoms with Crippen LogP contribution in [0.15, 0.2) is 71.8 Å². The summed E-state index contributed by atoms with van der Waals surface area (Å²) in [5.74, 6) is 0.0901. The van der Waals surface area contributed by atoms with Crippen LogP contribution in [0.2, 0.25) is 0 Å². The maximum atomic E-state index is 12.3. The number of hydrazone groups is 1. The van der Waals surface area contributed by atoms with Crippen molar-refractivity contribution >= 4 is 52.3 Å². The normalized spacial score (nSPS) is 12.1. The molecule has 196 valence electrons. The van der Waals surface area contributed by atoms with Gasteiger partial charge in [0.1, 0.15) is 5.75 Å². The molecule has 0 saturated heterocycles. The SMILES string of the molecule is CC(C)c1ccccc1NC(=S)NN=Cc1ccc2c(/C=C/c3ccc(OC(F)(F)F)cc3)nn(C)c2c1. The number of benzene rings is 3. The van der Waals surface area contributed by atoms with E-state index in [1.807, 2.05) is 49.5 Å². The third-order valence-corrected chi connectivity index (χ3v) is 5.86. The quantitative estimate of drug-likeness (QED) is 0.150. The van der Waals surface area contributed by atoms with Gasteiger partial charge in [-0.3, -0.25) is 10.1 Å². The highest BCUT2D eigenvalue weighted by Crippen LogP contribution is 2.25. The van der Waals surface area contributed by atoms with E-state index < -0.39 is 6.36 Å². The minimum Gasteiger partial charge on any atom is -0.406 e. The molecule has 0 atom stereocenters. The Labute approximate surface area is 223 Å². The number of thiocarbonyl (C=S) groups is 1. The molecule has 4 aromatic rings. The lowest BCUT2D eigenvalue weighted by Crippen LogP contribution is -2.24. The van der Waals surface area contributed by atoms with E-state index >= 15 is 0 Å². The summed E-state index contributed by atoms with van der Waals surface area (Å²) in [6.45, 7) is 4.25. The van der Waals surface area contributed by atoms with E-state index in [1.165, 1.54) is 17.7 Å². The molecule has 0 unspecified atom stereocenters. The molecule has 2 N–H and O–H groups in total. The predicted molar refractivity (Wildman–Crippen MR) is 150 cm³/mol. The minimum absolute atomic E-state index is 0.265. The zero-order valence-electron chi connectivity index (χ0n) is 21.0. The molecular formula is C28H26F3N5OS. The van der Waals surface area contributed by atoms with Crippen molar-refractivity contribution in [3.05, 3.63) is 89.1 Å². The van der Waals surface area contributed by atoms with E-state index in [1.54, 1.807) is 29.1 Å². The van der Waals surface area contributed by atoms with Gasteiger partial charge in [-0.05, 0) is 71.2 Å². The zero-order chi connectivity index (χ0) is 27.3. The van der Waals surface area contributed by atoms with Gasteiger partial charge in [0.2, 0.25) is 0 Å². The number of nitrogens with one attached hydrogen (secondary N) is 2. The molecule has 0 aliphatic carbocycles. The van der Waals surface area contributed by atoms with Crippen LogP contribution in [0.3, 0.4) is 0 Å². The van der Waals surface area contributed by atoms with Crippen LogP contribution < -0.4 is 15.5 Å². The summed E-state index contributed by atoms with van der Waals surface area (Å²) in [6, 6.07) is 19.5. The van der Waals surface area contributed by atoms with Gasteiger partial charge in [0, 0.05) is 18.1 Å². The Morgan fingerprint density at radius 1 is 1.03 bits per heavy atom. The van der Waals surface area contributed by atoms with Crippen LogP contribution >= 0.6 is 12.2 Å². The van der Waals surface area contributed by atoms with Crippen LogP contribution in [0.4, 0.5) is 18.9 Å². The van der Waals surface area contributed by atoms with Crippen molar-refractivity contribution in [2.75, 3.05) is 5.32 Å². The largest absolute Gasteiger partial charge is 0.573 e. The summed E-state index contributed by atoms with van der Waals surface area (Å²) in [5, 5.41) is 13.3. The third-order valence-electron chi connectivity index (χ3n) is 5.66. The Hall–Kier alpha value is -4.18. The predicted octanol–water partition coefficient (Wildman–Crippen LogP) is 7.09. The van der Waals surface area contributed by atoms with Gasteiger partial charge in [-0.25, -0.2) is 0 Å². The highest BCUT2D eigenvalue weighted by molar-refractivity contribution is 7.80. The van der Waals surface area contributed by atoms with E-state index in [4.69, 9.17) is 12.2 Å². The van der Waals surface area contributed by atoms with Gasteiger partial charge in [-0.15, -0.1) is 13.2 Å². The topological polar surface area (TPSA) is 63.5 Å². The summed E-state index contributed by atoms with van der Waals surface area (Å²) in [4.78, 5) is 0. The number of fused-ring (bicyclic) bond motifs is 1. The molecular weight excluding hydrogens is 511 g/mol. The van der Waals surface area contributed by atoms with Crippen molar-refractivity contribution < 1.29 is 17.9 Å². The van der Waals surface area contributed by atoms with Crippen molar-refractivity contribution in [1.82, 2.24) is 15.2 Å². The number of hydrogen-bond donors (Lipinski definition) is 2. The first-order valence-corrected chi connectivity index (χ1v) is 12.2. The highest BCUT2D eigenvalue weighted by Gasteiger charge is 2.30. The number of rotatable bonds is 7. The number of aromatic nitrogens is 2. The Kier molecular flexibility index (Phi) is 8.11. The van der Waals surface area contributed by atoms with Crippen molar-refractivity contribution in [1.29, 1.82) is 0 Å². The van der Waals surface area contributed by atoms with Crippen LogP contribution in [-0.4, -0.2) is 27.5 Å². The molecule has 0 spiro atoms. The van der Waals surface area contributed by atoms with E-state index in [0.29, 0.717) is 16.6 Å². The standard InChI is InChI=1S/C28H26F3N5OS/c1-18(2)22-6-4-5-7-24(22)33-27(38)34-32-17-20-10-14-23-25(35-36(3)26(23)16-20)15-11-19-8-12-21(13-9-19)37-28(29,30)31/h4-18H,1-3H3,(H2,33,34,38)/b15-11+,32-17?. The number of nitrogens with zero attached hydrogens (tertiary/aromatic N) is 3. The molecule has 38 heavy (non-hydrogen) atoms. The second kappa shape index (κ2) is 11.5. The Bertz CT molecular complexity index is 1490. The molecule has 0 bridgehead atoms. The van der Waals surface area contributed by atoms with Crippen LogP contribution in [0, 0.1) is 0 Å². The fourth-order valence-electron chi connectivity index (χ4n) is 3.89. The Balaban J connectivity index is 1.42. The summed E-state index contributed by atoms with van der Waals surface area (Å²) < 4.78 is 42.7. The number of aryl methyl sites for hydroxylation is 1. The number of hydrogen-bond acceptors (Lipinski definition) is 4. The van der Waals surface area contributed by atoms with Gasteiger partial charge in [0.25, 0.3) is 0 Å². The lowest BCUT2D eigenvalue weighted by atomic mass is 10.0. The average Bonchev–Trinajstić information content (AvgIpc) is 3.17. The maximum absolute atomic E-state index is 12.3. The van der Waals surface area contributed by atoms with Crippen molar-refractivity contribution in [3.63, 3.8) is 0 Å². The lowest BCUT2D eigenvalue weighted by Gasteiger charge is -2.14. The number of ether oxygens (including phenoxy) is 1. The molecule has 1 heterocycles. The summed E-state index contributed by atoms with van der Waals surface area (Å²) in [6.07, 6.45) is 0.557. The van der Waals surface area contributed by atoms with Gasteiger partial charge in [-0.1, -0.05) is 56.3 Å². The van der Waals surface area contributed by atoms with Crippen LogP contribution in [-0.2, 0) is 7.05 Å². The molecule has 10 heteroatoms. The number of halogens is 3. The van der Waals surface area contributed by atoms with Crippen molar-refractivity contribution in [2.24, 2.45) is 12.1 Å². The lowest BCUT2D eigenvalue weighted by molar-refractivity contribution is -0.274. The summed E-state index contributed by atoms with van der Waals surface area (Å²) in [5.41, 5.74) is 8.16. The van der Waals surface area contributed by atoms with Gasteiger partial charge in [-0.2, -0.15) is 10.2 Å². The molecule has 0 aliphatic heterocycles. The van der Waals surface area contributed by atoms with Crippen LogP contribution in [0.5, 0.6) is 5.75 Å². The van der Waals surface area contributed by atoms with Gasteiger partial charge >= 0.3 is 6.36 Å². The number of para-hydroxylation sites is 1. The first kappa shape index (κ1) is 26.9. The fourth-order valence-corrected chi connectivity index (χ4v) is 4.05. The van der Waals surface area contributed by atoms with E-state index in [-0.39, 0.29) is 5.75 Å². The monoisotopic (exact) mass is 537 g/mol. The Morgan fingerprint density at radius 3 is 2.45 bits per heavy atom. The van der Waals surface area contributed by atoms with Crippen molar-refractivity contribution in [3.8, 4) is 5.75 Å².